The van der Waals surface area contributed by atoms with Gasteiger partial charge in [-0.2, -0.15) is 0 Å². The summed E-state index contributed by atoms with van der Waals surface area (Å²) in [6, 6.07) is 1.65. The number of imidazole rings is 1. The van der Waals surface area contributed by atoms with Crippen LogP contribution in [-0.2, 0) is 16.1 Å². The van der Waals surface area contributed by atoms with Crippen molar-refractivity contribution in [3.05, 3.63) is 46.4 Å². The maximum absolute atomic E-state index is 12.9. The van der Waals surface area contributed by atoms with E-state index >= 15 is 0 Å². The van der Waals surface area contributed by atoms with Gasteiger partial charge in [-0.15, -0.1) is 11.3 Å². The molecule has 1 N–H and O–H groups in total. The van der Waals surface area contributed by atoms with Crippen molar-refractivity contribution in [2.45, 2.75) is 32.1 Å². The maximum atomic E-state index is 12.9. The molecule has 1 amide bonds. The van der Waals surface area contributed by atoms with E-state index in [4.69, 9.17) is 9.47 Å². The van der Waals surface area contributed by atoms with E-state index in [0.717, 1.165) is 5.69 Å². The van der Waals surface area contributed by atoms with E-state index in [1.165, 1.54) is 11.3 Å². The number of aryl methyl sites for hydroxylation is 1. The highest BCUT2D eigenvalue weighted by atomic mass is 32.1. The first-order valence-corrected chi connectivity index (χ1v) is 9.33. The Labute approximate surface area is 154 Å². The molecule has 1 saturated heterocycles. The quantitative estimate of drug-likeness (QED) is 0.731. The largest absolute Gasteiger partial charge is 0.379 e. The molecule has 1 aliphatic rings. The molecule has 8 nitrogen and oxygen atoms in total. The fourth-order valence-electron chi connectivity index (χ4n) is 3.05. The van der Waals surface area contributed by atoms with Crippen molar-refractivity contribution in [1.29, 1.82) is 0 Å². The number of nitrogens with one attached hydrogen (secondary N) is 1. The van der Waals surface area contributed by atoms with Crippen LogP contribution in [0.3, 0.4) is 0 Å². The van der Waals surface area contributed by atoms with Crippen LogP contribution in [0.15, 0.2) is 29.4 Å². The van der Waals surface area contributed by atoms with Crippen molar-refractivity contribution >= 4 is 23.0 Å². The molecule has 1 aliphatic heterocycles. The fraction of sp³-hybridized carbons (Fsp3) is 0.412. The Balaban J connectivity index is 1.48. The molecular weight excluding hydrogens is 354 g/mol. The van der Waals surface area contributed by atoms with E-state index in [-0.39, 0.29) is 18.1 Å². The Kier molecular flexibility index (Phi) is 4.91. The molecule has 9 heteroatoms. The van der Waals surface area contributed by atoms with Gasteiger partial charge in [0, 0.05) is 24.4 Å². The normalized spacial score (nSPS) is 20.3. The molecule has 2 atom stereocenters. The van der Waals surface area contributed by atoms with Gasteiger partial charge in [0.05, 0.1) is 36.2 Å². The van der Waals surface area contributed by atoms with Gasteiger partial charge in [0.1, 0.15) is 11.8 Å². The number of ether oxygens (including phenoxy) is 2. The molecule has 4 rings (SSSR count). The minimum atomic E-state index is -0.216. The molecule has 1 fully saturated rings. The Hall–Kier alpha value is -2.36. The molecular formula is C17H19N5O3S. The van der Waals surface area contributed by atoms with E-state index in [1.54, 1.807) is 28.4 Å². The zero-order valence-electron chi connectivity index (χ0n) is 14.3. The second-order valence-corrected chi connectivity index (χ2v) is 6.83. The Morgan fingerprint density at radius 3 is 3.27 bits per heavy atom. The average Bonchev–Trinajstić information content (AvgIpc) is 3.27. The number of carbonyl (C=O) groups is 1. The van der Waals surface area contributed by atoms with E-state index in [2.05, 4.69) is 20.3 Å². The first-order chi connectivity index (χ1) is 12.7. The zero-order chi connectivity index (χ0) is 17.9. The van der Waals surface area contributed by atoms with Crippen LogP contribution in [0.25, 0.3) is 5.78 Å². The fourth-order valence-corrected chi connectivity index (χ4v) is 3.59. The molecule has 136 valence electrons. The summed E-state index contributed by atoms with van der Waals surface area (Å²) in [5.74, 6) is 0.329. The molecule has 0 aliphatic carbocycles. The van der Waals surface area contributed by atoms with Gasteiger partial charge >= 0.3 is 0 Å². The summed E-state index contributed by atoms with van der Waals surface area (Å²) in [6.07, 6.45) is 3.93. The van der Waals surface area contributed by atoms with Crippen molar-refractivity contribution in [1.82, 2.24) is 24.7 Å². The monoisotopic (exact) mass is 373 g/mol. The number of thiazole rings is 1. The van der Waals surface area contributed by atoms with Gasteiger partial charge in [0.2, 0.25) is 5.78 Å². The van der Waals surface area contributed by atoms with Gasteiger partial charge in [-0.1, -0.05) is 0 Å². The van der Waals surface area contributed by atoms with E-state index in [1.807, 2.05) is 12.3 Å². The van der Waals surface area contributed by atoms with Crippen LogP contribution in [0.1, 0.15) is 28.3 Å². The smallest absolute Gasteiger partial charge is 0.270 e. The average molecular weight is 373 g/mol. The van der Waals surface area contributed by atoms with Crippen LogP contribution in [0, 0.1) is 6.92 Å². The Morgan fingerprint density at radius 2 is 2.42 bits per heavy atom. The van der Waals surface area contributed by atoms with Gasteiger partial charge in [0.25, 0.3) is 5.91 Å². The summed E-state index contributed by atoms with van der Waals surface area (Å²) < 4.78 is 13.2. The molecule has 0 radical (unpaired) electrons. The van der Waals surface area contributed by atoms with Gasteiger partial charge in [-0.25, -0.2) is 15.0 Å². The van der Waals surface area contributed by atoms with Gasteiger partial charge < -0.3 is 14.8 Å². The van der Waals surface area contributed by atoms with Crippen molar-refractivity contribution in [2.24, 2.45) is 0 Å². The lowest BCUT2D eigenvalue weighted by molar-refractivity contribution is -0.0742. The van der Waals surface area contributed by atoms with Crippen LogP contribution in [-0.4, -0.2) is 50.6 Å². The highest BCUT2D eigenvalue weighted by Crippen LogP contribution is 2.16. The molecule has 0 unspecified atom stereocenters. The highest BCUT2D eigenvalue weighted by molar-refractivity contribution is 7.07. The molecule has 3 aromatic heterocycles. The predicted molar refractivity (Wildman–Crippen MR) is 95.1 cm³/mol. The Bertz CT molecular complexity index is 895. The molecule has 0 aromatic carbocycles. The molecule has 26 heavy (non-hydrogen) atoms. The lowest BCUT2D eigenvalue weighted by Crippen LogP contribution is -2.50. The number of rotatable bonds is 5. The number of hydrogen-bond acceptors (Lipinski definition) is 7. The minimum Gasteiger partial charge on any atom is -0.379 e. The number of fused-ring (bicyclic) bond motifs is 1. The van der Waals surface area contributed by atoms with Gasteiger partial charge in [0.15, 0.2) is 0 Å². The summed E-state index contributed by atoms with van der Waals surface area (Å²) >= 11 is 1.53. The molecule has 3 aromatic rings. The van der Waals surface area contributed by atoms with E-state index in [9.17, 15) is 4.79 Å². The number of carbonyl (C=O) groups excluding carboxylic acids is 1. The third kappa shape index (κ3) is 3.46. The first-order valence-electron chi connectivity index (χ1n) is 8.39. The lowest BCUT2D eigenvalue weighted by Gasteiger charge is -2.31. The van der Waals surface area contributed by atoms with Crippen molar-refractivity contribution < 1.29 is 14.3 Å². The van der Waals surface area contributed by atoms with E-state index < -0.39 is 0 Å². The van der Waals surface area contributed by atoms with Crippen LogP contribution < -0.4 is 5.32 Å². The number of amides is 1. The maximum Gasteiger partial charge on any atom is 0.270 e. The molecule has 0 bridgehead atoms. The van der Waals surface area contributed by atoms with Gasteiger partial charge in [-0.3, -0.25) is 9.20 Å². The number of aromatic nitrogens is 4. The van der Waals surface area contributed by atoms with Crippen molar-refractivity contribution in [3.63, 3.8) is 0 Å². The van der Waals surface area contributed by atoms with Crippen molar-refractivity contribution in [3.8, 4) is 0 Å². The summed E-state index contributed by atoms with van der Waals surface area (Å²) in [7, 11) is 0. The Morgan fingerprint density at radius 1 is 1.50 bits per heavy atom. The molecule has 4 heterocycles. The summed E-state index contributed by atoms with van der Waals surface area (Å²) in [5.41, 5.74) is 3.80. The summed E-state index contributed by atoms with van der Waals surface area (Å²) in [6.45, 7) is 3.25. The van der Waals surface area contributed by atoms with Crippen LogP contribution in [0.5, 0.6) is 0 Å². The summed E-state index contributed by atoms with van der Waals surface area (Å²) in [4.78, 5) is 25.6. The van der Waals surface area contributed by atoms with Crippen LogP contribution in [0.4, 0.5) is 0 Å². The highest BCUT2D eigenvalue weighted by Gasteiger charge is 2.30. The van der Waals surface area contributed by atoms with Crippen molar-refractivity contribution in [2.75, 3.05) is 13.2 Å². The third-order valence-corrected chi connectivity index (χ3v) is 4.98. The minimum absolute atomic E-state index is 0.128. The van der Waals surface area contributed by atoms with E-state index in [0.29, 0.717) is 43.4 Å². The molecule has 0 saturated carbocycles. The summed E-state index contributed by atoms with van der Waals surface area (Å²) in [5, 5.41) is 5.03. The first kappa shape index (κ1) is 17.1. The topological polar surface area (TPSA) is 90.6 Å². The predicted octanol–water partition coefficient (Wildman–Crippen LogP) is 1.60. The van der Waals surface area contributed by atoms with Crippen LogP contribution in [0.2, 0.25) is 0 Å². The van der Waals surface area contributed by atoms with Gasteiger partial charge in [-0.05, 0) is 19.4 Å². The second-order valence-electron chi connectivity index (χ2n) is 6.11. The number of hydrogen-bond donors (Lipinski definition) is 1. The number of nitrogens with zero attached hydrogens (tertiary/aromatic N) is 4. The SMILES string of the molecule is Cc1nc2ncccn2c1C(=O)N[C@@H]1CCOC[C@H]1OCc1cscn1. The third-order valence-electron chi connectivity index (χ3n) is 4.34. The van der Waals surface area contributed by atoms with Crippen LogP contribution >= 0.6 is 11.3 Å². The standard InChI is InChI=1S/C17H19N5O3S/c1-11-15(22-5-2-4-18-17(22)20-11)16(23)21-13-3-6-24-8-14(13)25-7-12-9-26-10-19-12/h2,4-5,9-10,13-14H,3,6-8H2,1H3,(H,21,23)/t13-,14-/m1/s1. The lowest BCUT2D eigenvalue weighted by atomic mass is 10.1. The zero-order valence-corrected chi connectivity index (χ0v) is 15.1. The second kappa shape index (κ2) is 7.48. The molecule has 0 spiro atoms.